The monoisotopic (exact) mass is 550 g/mol. The number of benzene rings is 3. The Labute approximate surface area is 210 Å². The summed E-state index contributed by atoms with van der Waals surface area (Å²) in [5.74, 6) is 1.31. The minimum Gasteiger partial charge on any atom is -0.493 e. The highest BCUT2D eigenvalue weighted by atomic mass is 79.9. The average Bonchev–Trinajstić information content (AvgIpc) is 2.79. The molecule has 3 aromatic rings. The summed E-state index contributed by atoms with van der Waals surface area (Å²) in [5, 5.41) is 4.93. The van der Waals surface area contributed by atoms with Gasteiger partial charge in [0.15, 0.2) is 18.1 Å². The maximum absolute atomic E-state index is 12.0. The van der Waals surface area contributed by atoms with E-state index in [1.165, 1.54) is 6.21 Å². The minimum absolute atomic E-state index is 0.142. The maximum atomic E-state index is 12.0. The molecule has 0 aromatic heterocycles. The Morgan fingerprint density at radius 1 is 1.06 bits per heavy atom. The lowest BCUT2D eigenvalue weighted by atomic mass is 10.2. The Morgan fingerprint density at radius 2 is 1.85 bits per heavy atom. The third-order valence-electron chi connectivity index (χ3n) is 4.47. The normalized spacial score (nSPS) is 10.8. The molecule has 0 saturated heterocycles. The summed E-state index contributed by atoms with van der Waals surface area (Å²) >= 11 is 15.5. The van der Waals surface area contributed by atoms with Gasteiger partial charge in [0.05, 0.1) is 27.8 Å². The summed E-state index contributed by atoms with van der Waals surface area (Å²) in [6.45, 7) is 2.04. The third-order valence-corrected chi connectivity index (χ3v) is 5.80. The number of methoxy groups -OCH3 is 1. The van der Waals surface area contributed by atoms with Gasteiger partial charge in [0.1, 0.15) is 12.4 Å². The molecule has 0 bridgehead atoms. The van der Waals surface area contributed by atoms with Crippen LogP contribution < -0.4 is 19.6 Å². The lowest BCUT2D eigenvalue weighted by Gasteiger charge is -2.14. The van der Waals surface area contributed by atoms with Crippen LogP contribution in [0.5, 0.6) is 17.2 Å². The fourth-order valence-corrected chi connectivity index (χ4v) is 3.71. The molecule has 0 aliphatic rings. The van der Waals surface area contributed by atoms with Gasteiger partial charge in [-0.2, -0.15) is 5.10 Å². The zero-order valence-electron chi connectivity index (χ0n) is 17.9. The molecule has 1 amide bonds. The van der Waals surface area contributed by atoms with E-state index in [1.807, 2.05) is 31.2 Å². The van der Waals surface area contributed by atoms with Crippen LogP contribution in [0.15, 0.2) is 64.2 Å². The van der Waals surface area contributed by atoms with Crippen LogP contribution in [0.1, 0.15) is 16.7 Å². The Balaban J connectivity index is 1.60. The van der Waals surface area contributed by atoms with E-state index in [-0.39, 0.29) is 19.1 Å². The van der Waals surface area contributed by atoms with Crippen molar-refractivity contribution in [1.82, 2.24) is 5.43 Å². The van der Waals surface area contributed by atoms with Crippen LogP contribution in [0, 0.1) is 6.92 Å². The van der Waals surface area contributed by atoms with E-state index in [1.54, 1.807) is 37.4 Å². The molecular formula is C24H21BrCl2N2O4. The molecule has 0 radical (unpaired) electrons. The van der Waals surface area contributed by atoms with E-state index in [2.05, 4.69) is 26.5 Å². The molecule has 0 fully saturated rings. The Hall–Kier alpha value is -2.74. The number of nitrogens with one attached hydrogen (secondary N) is 1. The van der Waals surface area contributed by atoms with Crippen LogP contribution in [-0.4, -0.2) is 25.8 Å². The first-order chi connectivity index (χ1) is 15.9. The molecule has 1 N–H and O–H groups in total. The van der Waals surface area contributed by atoms with Gasteiger partial charge in [0.2, 0.25) is 0 Å². The number of hydrogen-bond donors (Lipinski definition) is 1. The number of carbonyl (C=O) groups is 1. The highest BCUT2D eigenvalue weighted by Crippen LogP contribution is 2.37. The molecule has 33 heavy (non-hydrogen) atoms. The predicted octanol–water partition coefficient (Wildman–Crippen LogP) is 6.18. The first kappa shape index (κ1) is 24.9. The van der Waals surface area contributed by atoms with Gasteiger partial charge < -0.3 is 14.2 Å². The number of halogens is 3. The maximum Gasteiger partial charge on any atom is 0.277 e. The van der Waals surface area contributed by atoms with Gasteiger partial charge in [-0.05, 0) is 69.9 Å². The predicted molar refractivity (Wildman–Crippen MR) is 134 cm³/mol. The van der Waals surface area contributed by atoms with Crippen molar-refractivity contribution in [2.45, 2.75) is 13.5 Å². The van der Waals surface area contributed by atoms with Gasteiger partial charge in [0.25, 0.3) is 5.91 Å². The fourth-order valence-electron chi connectivity index (χ4n) is 2.81. The van der Waals surface area contributed by atoms with Gasteiger partial charge >= 0.3 is 0 Å². The summed E-state index contributed by atoms with van der Waals surface area (Å²) in [6.07, 6.45) is 1.50. The van der Waals surface area contributed by atoms with Gasteiger partial charge in [0, 0.05) is 0 Å². The number of rotatable bonds is 9. The van der Waals surface area contributed by atoms with E-state index in [0.29, 0.717) is 37.3 Å². The van der Waals surface area contributed by atoms with Crippen molar-refractivity contribution in [2.24, 2.45) is 5.10 Å². The zero-order chi connectivity index (χ0) is 23.8. The number of amides is 1. The number of carbonyl (C=O) groups excluding carboxylic acids is 1. The number of hydrazone groups is 1. The van der Waals surface area contributed by atoms with E-state index in [0.717, 1.165) is 11.1 Å². The molecule has 172 valence electrons. The summed E-state index contributed by atoms with van der Waals surface area (Å²) < 4.78 is 17.5. The minimum atomic E-state index is -0.373. The highest BCUT2D eigenvalue weighted by molar-refractivity contribution is 9.10. The standard InChI is InChI=1S/C24H21BrCl2N2O4/c1-15-5-3-4-6-21(15)32-14-23(30)29-28-12-17-9-18(25)24(22(11-17)31-2)33-13-16-7-8-19(26)20(27)10-16/h3-12H,13-14H2,1-2H3,(H,29,30)/b28-12-. The number of nitrogens with zero attached hydrogens (tertiary/aromatic N) is 1. The SMILES string of the molecule is COc1cc(/C=N\NC(=O)COc2ccccc2C)cc(Br)c1OCc1ccc(Cl)c(Cl)c1. The smallest absolute Gasteiger partial charge is 0.277 e. The van der Waals surface area contributed by atoms with Crippen LogP contribution in [0.25, 0.3) is 0 Å². The summed E-state index contributed by atoms with van der Waals surface area (Å²) in [5.41, 5.74) is 4.95. The molecule has 9 heteroatoms. The van der Waals surface area contributed by atoms with Crippen LogP contribution in [-0.2, 0) is 11.4 Å². The molecule has 0 atom stereocenters. The van der Waals surface area contributed by atoms with E-state index in [9.17, 15) is 4.79 Å². The van der Waals surface area contributed by atoms with Crippen LogP contribution in [0.3, 0.4) is 0 Å². The number of hydrogen-bond acceptors (Lipinski definition) is 5. The topological polar surface area (TPSA) is 69.2 Å². The van der Waals surface area contributed by atoms with Crippen molar-refractivity contribution >= 4 is 51.3 Å². The molecule has 0 unspecified atom stereocenters. The van der Waals surface area contributed by atoms with Crippen molar-refractivity contribution < 1.29 is 19.0 Å². The third kappa shape index (κ3) is 7.12. The van der Waals surface area contributed by atoms with E-state index < -0.39 is 0 Å². The fraction of sp³-hybridized carbons (Fsp3) is 0.167. The molecule has 0 saturated carbocycles. The summed E-state index contributed by atoms with van der Waals surface area (Å²) in [6, 6.07) is 16.3. The second-order valence-electron chi connectivity index (χ2n) is 6.92. The quantitative estimate of drug-likeness (QED) is 0.254. The number of ether oxygens (including phenoxy) is 3. The Kier molecular flexibility index (Phi) is 9.00. The second-order valence-corrected chi connectivity index (χ2v) is 8.59. The van der Waals surface area contributed by atoms with E-state index in [4.69, 9.17) is 37.4 Å². The van der Waals surface area contributed by atoms with Gasteiger partial charge in [-0.15, -0.1) is 0 Å². The molecule has 0 aliphatic carbocycles. The second kappa shape index (κ2) is 11.9. The summed E-state index contributed by atoms with van der Waals surface area (Å²) in [7, 11) is 1.54. The summed E-state index contributed by atoms with van der Waals surface area (Å²) in [4.78, 5) is 12.0. The lowest BCUT2D eigenvalue weighted by Crippen LogP contribution is -2.24. The van der Waals surface area contributed by atoms with Gasteiger partial charge in [-0.1, -0.05) is 47.5 Å². The Bertz CT molecular complexity index is 1170. The molecule has 3 aromatic carbocycles. The van der Waals surface area contributed by atoms with Crippen molar-refractivity contribution in [3.05, 3.63) is 85.8 Å². The molecule has 0 aliphatic heterocycles. The van der Waals surface area contributed by atoms with Crippen molar-refractivity contribution in [2.75, 3.05) is 13.7 Å². The largest absolute Gasteiger partial charge is 0.493 e. The molecule has 0 heterocycles. The lowest BCUT2D eigenvalue weighted by molar-refractivity contribution is -0.123. The van der Waals surface area contributed by atoms with Gasteiger partial charge in [-0.25, -0.2) is 5.43 Å². The van der Waals surface area contributed by atoms with Crippen LogP contribution in [0.4, 0.5) is 0 Å². The van der Waals surface area contributed by atoms with Crippen molar-refractivity contribution in [3.63, 3.8) is 0 Å². The van der Waals surface area contributed by atoms with E-state index >= 15 is 0 Å². The first-order valence-electron chi connectivity index (χ1n) is 9.82. The van der Waals surface area contributed by atoms with Crippen molar-refractivity contribution in [3.8, 4) is 17.2 Å². The van der Waals surface area contributed by atoms with Crippen LogP contribution >= 0.6 is 39.1 Å². The number of para-hydroxylation sites is 1. The number of aryl methyl sites for hydroxylation is 1. The molecular weight excluding hydrogens is 531 g/mol. The molecule has 6 nitrogen and oxygen atoms in total. The first-order valence-corrected chi connectivity index (χ1v) is 11.4. The average molecular weight is 552 g/mol. The Morgan fingerprint density at radius 3 is 2.58 bits per heavy atom. The zero-order valence-corrected chi connectivity index (χ0v) is 21.0. The van der Waals surface area contributed by atoms with Gasteiger partial charge in [-0.3, -0.25) is 4.79 Å². The molecule has 3 rings (SSSR count). The van der Waals surface area contributed by atoms with Crippen LogP contribution in [0.2, 0.25) is 10.0 Å². The molecule has 0 spiro atoms. The van der Waals surface area contributed by atoms with Crippen molar-refractivity contribution in [1.29, 1.82) is 0 Å². The highest BCUT2D eigenvalue weighted by Gasteiger charge is 2.12.